The van der Waals surface area contributed by atoms with E-state index in [0.29, 0.717) is 6.61 Å². The van der Waals surface area contributed by atoms with Crippen LogP contribution in [0.5, 0.6) is 5.75 Å². The van der Waals surface area contributed by atoms with E-state index in [1.54, 1.807) is 6.92 Å². The topological polar surface area (TPSA) is 9.23 Å². The van der Waals surface area contributed by atoms with Gasteiger partial charge in [0.15, 0.2) is 0 Å². The van der Waals surface area contributed by atoms with E-state index in [1.165, 1.54) is 3.57 Å². The zero-order valence-electron chi connectivity index (χ0n) is 7.80. The van der Waals surface area contributed by atoms with Crippen LogP contribution in [-0.2, 0) is 0 Å². The second-order valence-electron chi connectivity index (χ2n) is 2.42. The first-order valence-corrected chi connectivity index (χ1v) is 5.19. The van der Waals surface area contributed by atoms with Gasteiger partial charge < -0.3 is 4.74 Å². The molecule has 0 fully saturated rings. The fraction of sp³-hybridized carbons (Fsp3) is 0.167. The van der Waals surface area contributed by atoms with E-state index < -0.39 is 0 Å². The van der Waals surface area contributed by atoms with Crippen molar-refractivity contribution in [1.82, 2.24) is 0 Å². The lowest BCUT2D eigenvalue weighted by Crippen LogP contribution is -1.93. The number of hydrogen-bond acceptors (Lipinski definition) is 1. The molecule has 0 radical (unpaired) electrons. The van der Waals surface area contributed by atoms with E-state index in [-0.39, 0.29) is 0 Å². The number of halogens is 1. The van der Waals surface area contributed by atoms with Crippen molar-refractivity contribution in [2.75, 3.05) is 6.61 Å². The first-order chi connectivity index (χ1) is 6.83. The lowest BCUT2D eigenvalue weighted by Gasteiger charge is -2.00. The molecule has 0 bridgehead atoms. The molecule has 1 aromatic carbocycles. The van der Waals surface area contributed by atoms with Crippen LogP contribution < -0.4 is 4.74 Å². The van der Waals surface area contributed by atoms with E-state index in [2.05, 4.69) is 46.3 Å². The van der Waals surface area contributed by atoms with Crippen molar-refractivity contribution < 1.29 is 4.74 Å². The molecule has 0 aliphatic carbocycles. The fourth-order valence-electron chi connectivity index (χ4n) is 0.793. The van der Waals surface area contributed by atoms with Gasteiger partial charge in [-0.3, -0.25) is 0 Å². The van der Waals surface area contributed by atoms with Gasteiger partial charge in [-0.05, 0) is 71.5 Å². The summed E-state index contributed by atoms with van der Waals surface area (Å²) in [6.07, 6.45) is 0. The summed E-state index contributed by atoms with van der Waals surface area (Å²) in [5.41, 5.74) is 0. The minimum Gasteiger partial charge on any atom is -0.481 e. The van der Waals surface area contributed by atoms with Crippen molar-refractivity contribution in [1.29, 1.82) is 0 Å². The van der Waals surface area contributed by atoms with Gasteiger partial charge in [0.05, 0.1) is 0 Å². The fourth-order valence-corrected chi connectivity index (χ4v) is 1.15. The zero-order chi connectivity index (χ0) is 10.2. The normalized spacial score (nSPS) is 7.86. The van der Waals surface area contributed by atoms with Crippen LogP contribution in [0.3, 0.4) is 0 Å². The Morgan fingerprint density at radius 1 is 1.21 bits per heavy atom. The molecule has 0 aromatic heterocycles. The van der Waals surface area contributed by atoms with Gasteiger partial charge >= 0.3 is 0 Å². The molecule has 70 valence electrons. The Morgan fingerprint density at radius 2 is 1.93 bits per heavy atom. The summed E-state index contributed by atoms with van der Waals surface area (Å²) in [6, 6.07) is 7.84. The molecule has 14 heavy (non-hydrogen) atoms. The number of hydrogen-bond donors (Lipinski definition) is 0. The van der Waals surface area contributed by atoms with Crippen LogP contribution >= 0.6 is 22.6 Å². The highest BCUT2D eigenvalue weighted by Crippen LogP contribution is 2.12. The summed E-state index contributed by atoms with van der Waals surface area (Å²) in [7, 11) is 0. The van der Waals surface area contributed by atoms with Crippen LogP contribution in [0.25, 0.3) is 0 Å². The molecule has 0 aliphatic rings. The molecule has 1 rings (SSSR count). The Bertz CT molecular complexity index is 398. The van der Waals surface area contributed by atoms with Gasteiger partial charge in [0, 0.05) is 3.57 Å². The monoisotopic (exact) mass is 296 g/mol. The molecule has 0 amide bonds. The maximum Gasteiger partial charge on any atom is 0.150 e. The third-order valence-electron chi connectivity index (χ3n) is 1.40. The van der Waals surface area contributed by atoms with Crippen LogP contribution in [0, 0.1) is 27.3 Å². The Morgan fingerprint density at radius 3 is 2.57 bits per heavy atom. The van der Waals surface area contributed by atoms with Crippen LogP contribution in [0.4, 0.5) is 0 Å². The van der Waals surface area contributed by atoms with Crippen molar-refractivity contribution in [3.05, 3.63) is 27.8 Å². The van der Waals surface area contributed by atoms with Crippen LogP contribution in [0.2, 0.25) is 0 Å². The molecule has 2 heteroatoms. The third kappa shape index (κ3) is 4.20. The molecule has 0 N–H and O–H groups in total. The maximum absolute atomic E-state index is 5.36. The number of ether oxygens (including phenoxy) is 1. The SMILES string of the molecule is CC#CC#CCOc1ccc(I)cc1. The molecule has 0 saturated carbocycles. The Hall–Kier alpha value is -1.13. The molecule has 1 nitrogen and oxygen atoms in total. The lowest BCUT2D eigenvalue weighted by atomic mass is 10.3. The average Bonchev–Trinajstić information content (AvgIpc) is 2.21. The van der Waals surface area contributed by atoms with Gasteiger partial charge in [-0.25, -0.2) is 0 Å². The second kappa shape index (κ2) is 6.34. The highest BCUT2D eigenvalue weighted by atomic mass is 127. The highest BCUT2D eigenvalue weighted by molar-refractivity contribution is 14.1. The summed E-state index contributed by atoms with van der Waals surface area (Å²) < 4.78 is 6.56. The van der Waals surface area contributed by atoms with E-state index >= 15 is 0 Å². The quantitative estimate of drug-likeness (QED) is 0.602. The summed E-state index contributed by atoms with van der Waals surface area (Å²) in [6.45, 7) is 2.14. The third-order valence-corrected chi connectivity index (χ3v) is 2.12. The minimum absolute atomic E-state index is 0.384. The molecular formula is C12H9IO. The molecule has 1 aromatic rings. The molecule has 0 aliphatic heterocycles. The van der Waals surface area contributed by atoms with Crippen molar-refractivity contribution in [2.45, 2.75) is 6.92 Å². The van der Waals surface area contributed by atoms with Crippen LogP contribution in [0.1, 0.15) is 6.92 Å². The van der Waals surface area contributed by atoms with E-state index in [4.69, 9.17) is 4.74 Å². The van der Waals surface area contributed by atoms with Gasteiger partial charge in [0.2, 0.25) is 0 Å². The Labute approximate surface area is 98.0 Å². The molecule has 0 atom stereocenters. The summed E-state index contributed by atoms with van der Waals surface area (Å²) in [5, 5.41) is 0. The van der Waals surface area contributed by atoms with Crippen LogP contribution in [0.15, 0.2) is 24.3 Å². The summed E-state index contributed by atoms with van der Waals surface area (Å²) in [5.74, 6) is 11.7. The van der Waals surface area contributed by atoms with E-state index in [1.807, 2.05) is 24.3 Å². The van der Waals surface area contributed by atoms with Gasteiger partial charge in [0.25, 0.3) is 0 Å². The zero-order valence-corrected chi connectivity index (χ0v) is 9.96. The molecule has 0 unspecified atom stereocenters. The lowest BCUT2D eigenvalue weighted by molar-refractivity contribution is 0.370. The molecule has 0 saturated heterocycles. The van der Waals surface area contributed by atoms with Crippen LogP contribution in [-0.4, -0.2) is 6.61 Å². The summed E-state index contributed by atoms with van der Waals surface area (Å²) >= 11 is 2.25. The average molecular weight is 296 g/mol. The van der Waals surface area contributed by atoms with Gasteiger partial charge in [-0.1, -0.05) is 5.92 Å². The number of rotatable bonds is 2. The predicted octanol–water partition coefficient (Wildman–Crippen LogP) is 2.70. The highest BCUT2D eigenvalue weighted by Gasteiger charge is 1.90. The smallest absolute Gasteiger partial charge is 0.150 e. The second-order valence-corrected chi connectivity index (χ2v) is 3.67. The van der Waals surface area contributed by atoms with Gasteiger partial charge in [-0.2, -0.15) is 0 Å². The summed E-state index contributed by atoms with van der Waals surface area (Å²) in [4.78, 5) is 0. The van der Waals surface area contributed by atoms with Crippen molar-refractivity contribution in [3.8, 4) is 29.4 Å². The molecule has 0 heterocycles. The largest absolute Gasteiger partial charge is 0.481 e. The van der Waals surface area contributed by atoms with Gasteiger partial charge in [0.1, 0.15) is 12.4 Å². The number of benzene rings is 1. The molecular weight excluding hydrogens is 287 g/mol. The Balaban J connectivity index is 2.42. The molecule has 0 spiro atoms. The predicted molar refractivity (Wildman–Crippen MR) is 65.9 cm³/mol. The van der Waals surface area contributed by atoms with E-state index in [0.717, 1.165) is 5.75 Å². The van der Waals surface area contributed by atoms with Crippen molar-refractivity contribution in [2.24, 2.45) is 0 Å². The van der Waals surface area contributed by atoms with Crippen molar-refractivity contribution >= 4 is 22.6 Å². The first-order valence-electron chi connectivity index (χ1n) is 4.11. The maximum atomic E-state index is 5.36. The van der Waals surface area contributed by atoms with Gasteiger partial charge in [-0.15, -0.1) is 0 Å². The standard InChI is InChI=1S/C12H9IO/c1-2-3-4-5-10-14-12-8-6-11(13)7-9-12/h6-9H,10H2,1H3. The van der Waals surface area contributed by atoms with Crippen molar-refractivity contribution in [3.63, 3.8) is 0 Å². The Kier molecular flexibility index (Phi) is 4.96. The van der Waals surface area contributed by atoms with E-state index in [9.17, 15) is 0 Å². The first kappa shape index (κ1) is 10.9. The minimum atomic E-state index is 0.384.